The van der Waals surface area contributed by atoms with Gasteiger partial charge in [-0.2, -0.15) is 0 Å². The number of thiophene rings is 1. The fraction of sp³-hybridized carbons (Fsp3) is 0.333. The SMILES string of the molecule is CCCC(CNC(=O)c1cccc(OCc2cccs2)c1)C(=O)O. The minimum atomic E-state index is -0.884. The van der Waals surface area contributed by atoms with Crippen LogP contribution >= 0.6 is 11.3 Å². The topological polar surface area (TPSA) is 75.6 Å². The number of aliphatic carboxylic acids is 1. The Morgan fingerprint density at radius 3 is 2.79 bits per heavy atom. The van der Waals surface area contributed by atoms with Crippen molar-refractivity contribution in [3.05, 3.63) is 52.2 Å². The lowest BCUT2D eigenvalue weighted by molar-refractivity contribution is -0.141. The van der Waals surface area contributed by atoms with Crippen molar-refractivity contribution in [3.8, 4) is 5.75 Å². The molecule has 0 aliphatic carbocycles. The second-order valence-electron chi connectivity index (χ2n) is 5.43. The minimum absolute atomic E-state index is 0.127. The van der Waals surface area contributed by atoms with Crippen molar-refractivity contribution in [1.29, 1.82) is 0 Å². The van der Waals surface area contributed by atoms with Gasteiger partial charge in [-0.1, -0.05) is 25.5 Å². The van der Waals surface area contributed by atoms with Crippen LogP contribution in [0.15, 0.2) is 41.8 Å². The maximum Gasteiger partial charge on any atom is 0.308 e. The second-order valence-corrected chi connectivity index (χ2v) is 6.46. The number of benzene rings is 1. The van der Waals surface area contributed by atoms with Crippen LogP contribution in [0.1, 0.15) is 35.0 Å². The van der Waals surface area contributed by atoms with Gasteiger partial charge in [-0.25, -0.2) is 0 Å². The zero-order valence-electron chi connectivity index (χ0n) is 13.5. The summed E-state index contributed by atoms with van der Waals surface area (Å²) < 4.78 is 5.68. The monoisotopic (exact) mass is 347 g/mol. The highest BCUT2D eigenvalue weighted by atomic mass is 32.1. The number of hydrogen-bond acceptors (Lipinski definition) is 4. The van der Waals surface area contributed by atoms with Crippen LogP contribution < -0.4 is 10.1 Å². The molecule has 6 heteroatoms. The van der Waals surface area contributed by atoms with Gasteiger partial charge >= 0.3 is 5.97 Å². The Bertz CT molecular complexity index is 669. The molecule has 1 amide bonds. The molecule has 1 heterocycles. The molecule has 0 spiro atoms. The zero-order valence-corrected chi connectivity index (χ0v) is 14.3. The van der Waals surface area contributed by atoms with Crippen molar-refractivity contribution in [3.63, 3.8) is 0 Å². The van der Waals surface area contributed by atoms with Gasteiger partial charge in [0.1, 0.15) is 12.4 Å². The highest BCUT2D eigenvalue weighted by molar-refractivity contribution is 7.09. The van der Waals surface area contributed by atoms with Gasteiger partial charge in [0.2, 0.25) is 0 Å². The van der Waals surface area contributed by atoms with Crippen molar-refractivity contribution in [1.82, 2.24) is 5.32 Å². The largest absolute Gasteiger partial charge is 0.488 e. The molecule has 2 aromatic rings. The van der Waals surface area contributed by atoms with Crippen LogP contribution in [0, 0.1) is 5.92 Å². The van der Waals surface area contributed by atoms with E-state index in [0.29, 0.717) is 24.3 Å². The predicted octanol–water partition coefficient (Wildman–Crippen LogP) is 3.56. The first kappa shape index (κ1) is 18.0. The molecular weight excluding hydrogens is 326 g/mol. The molecule has 24 heavy (non-hydrogen) atoms. The molecule has 0 aliphatic heterocycles. The van der Waals surface area contributed by atoms with Crippen LogP contribution in [0.2, 0.25) is 0 Å². The van der Waals surface area contributed by atoms with E-state index in [4.69, 9.17) is 9.84 Å². The summed E-state index contributed by atoms with van der Waals surface area (Å²) in [4.78, 5) is 24.4. The Balaban J connectivity index is 1.92. The van der Waals surface area contributed by atoms with E-state index < -0.39 is 11.9 Å². The summed E-state index contributed by atoms with van der Waals surface area (Å²) in [5.74, 6) is -1.12. The van der Waals surface area contributed by atoms with Gasteiger partial charge < -0.3 is 15.2 Å². The highest BCUT2D eigenvalue weighted by Gasteiger charge is 2.17. The van der Waals surface area contributed by atoms with Crippen molar-refractivity contribution >= 4 is 23.2 Å². The average molecular weight is 347 g/mol. The number of ether oxygens (including phenoxy) is 1. The first-order valence-electron chi connectivity index (χ1n) is 7.86. The van der Waals surface area contributed by atoms with E-state index in [0.717, 1.165) is 11.3 Å². The van der Waals surface area contributed by atoms with E-state index in [9.17, 15) is 9.59 Å². The van der Waals surface area contributed by atoms with Crippen LogP contribution in [0.3, 0.4) is 0 Å². The summed E-state index contributed by atoms with van der Waals surface area (Å²) in [6.45, 7) is 2.51. The second kappa shape index (κ2) is 9.08. The molecule has 0 saturated carbocycles. The molecular formula is C18H21NO4S. The summed E-state index contributed by atoms with van der Waals surface area (Å²) in [6.07, 6.45) is 1.30. The number of carbonyl (C=O) groups excluding carboxylic acids is 1. The molecule has 1 aromatic heterocycles. The molecule has 2 N–H and O–H groups in total. The number of amides is 1. The molecule has 2 rings (SSSR count). The van der Waals surface area contributed by atoms with Crippen LogP contribution in [0.5, 0.6) is 5.75 Å². The number of rotatable bonds is 9. The standard InChI is InChI=1S/C18H21NO4S/c1-2-5-14(18(21)22)11-19-17(20)13-6-3-7-15(10-13)23-12-16-8-4-9-24-16/h3-4,6-10,14H,2,5,11-12H2,1H3,(H,19,20)(H,21,22). The van der Waals surface area contributed by atoms with Gasteiger partial charge in [-0.15, -0.1) is 11.3 Å². The summed E-state index contributed by atoms with van der Waals surface area (Å²) in [6, 6.07) is 10.8. The van der Waals surface area contributed by atoms with E-state index in [2.05, 4.69) is 5.32 Å². The first-order chi connectivity index (χ1) is 11.6. The number of hydrogen-bond donors (Lipinski definition) is 2. The van der Waals surface area contributed by atoms with E-state index in [1.807, 2.05) is 24.4 Å². The lowest BCUT2D eigenvalue weighted by atomic mass is 10.0. The summed E-state index contributed by atoms with van der Waals surface area (Å²) in [5.41, 5.74) is 0.458. The van der Waals surface area contributed by atoms with Crippen LogP contribution in [0.4, 0.5) is 0 Å². The Morgan fingerprint density at radius 2 is 2.12 bits per heavy atom. The number of carbonyl (C=O) groups is 2. The fourth-order valence-electron chi connectivity index (χ4n) is 2.26. The van der Waals surface area contributed by atoms with Crippen LogP contribution in [-0.4, -0.2) is 23.5 Å². The maximum absolute atomic E-state index is 12.2. The molecule has 0 aliphatic rings. The van der Waals surface area contributed by atoms with E-state index in [1.165, 1.54) is 0 Å². The Labute approximate surface area is 145 Å². The molecule has 0 bridgehead atoms. The molecule has 0 radical (unpaired) electrons. The van der Waals surface area contributed by atoms with E-state index in [1.54, 1.807) is 35.6 Å². The molecule has 0 saturated heterocycles. The molecule has 5 nitrogen and oxygen atoms in total. The van der Waals surface area contributed by atoms with Crippen molar-refractivity contribution in [2.45, 2.75) is 26.4 Å². The zero-order chi connectivity index (χ0) is 17.4. The van der Waals surface area contributed by atoms with E-state index >= 15 is 0 Å². The lowest BCUT2D eigenvalue weighted by Crippen LogP contribution is -2.32. The quantitative estimate of drug-likeness (QED) is 0.727. The maximum atomic E-state index is 12.2. The summed E-state index contributed by atoms with van der Waals surface area (Å²) in [7, 11) is 0. The Hall–Kier alpha value is -2.34. The van der Waals surface area contributed by atoms with Gasteiger partial charge in [0.05, 0.1) is 5.92 Å². The predicted molar refractivity (Wildman–Crippen MR) is 93.5 cm³/mol. The lowest BCUT2D eigenvalue weighted by Gasteiger charge is -2.13. The average Bonchev–Trinajstić information content (AvgIpc) is 3.10. The van der Waals surface area contributed by atoms with Crippen LogP contribution in [0.25, 0.3) is 0 Å². The third-order valence-corrected chi connectivity index (χ3v) is 4.40. The third kappa shape index (κ3) is 5.38. The van der Waals surface area contributed by atoms with Crippen molar-refractivity contribution < 1.29 is 19.4 Å². The highest BCUT2D eigenvalue weighted by Crippen LogP contribution is 2.17. The van der Waals surface area contributed by atoms with Gasteiger partial charge in [0.25, 0.3) is 5.91 Å². The summed E-state index contributed by atoms with van der Waals surface area (Å²) >= 11 is 1.61. The van der Waals surface area contributed by atoms with Crippen molar-refractivity contribution in [2.24, 2.45) is 5.92 Å². The minimum Gasteiger partial charge on any atom is -0.488 e. The Morgan fingerprint density at radius 1 is 1.29 bits per heavy atom. The number of nitrogens with one attached hydrogen (secondary N) is 1. The van der Waals surface area contributed by atoms with Crippen molar-refractivity contribution in [2.75, 3.05) is 6.54 Å². The number of carboxylic acids is 1. The van der Waals surface area contributed by atoms with Gasteiger partial charge in [-0.05, 0) is 36.1 Å². The molecule has 1 unspecified atom stereocenters. The fourth-order valence-corrected chi connectivity index (χ4v) is 2.87. The van der Waals surface area contributed by atoms with E-state index in [-0.39, 0.29) is 12.5 Å². The normalized spacial score (nSPS) is 11.7. The Kier molecular flexibility index (Phi) is 6.81. The van der Waals surface area contributed by atoms with Crippen LogP contribution in [-0.2, 0) is 11.4 Å². The van der Waals surface area contributed by atoms with Gasteiger partial charge in [0.15, 0.2) is 0 Å². The number of carboxylic acid groups (broad SMARTS) is 1. The smallest absolute Gasteiger partial charge is 0.308 e. The first-order valence-corrected chi connectivity index (χ1v) is 8.74. The third-order valence-electron chi connectivity index (χ3n) is 3.55. The summed E-state index contributed by atoms with van der Waals surface area (Å²) in [5, 5.41) is 13.8. The molecule has 0 fully saturated rings. The van der Waals surface area contributed by atoms with Gasteiger partial charge in [0, 0.05) is 17.0 Å². The molecule has 1 atom stereocenters. The van der Waals surface area contributed by atoms with Gasteiger partial charge in [-0.3, -0.25) is 9.59 Å². The molecule has 128 valence electrons. The molecule has 1 aromatic carbocycles.